The summed E-state index contributed by atoms with van der Waals surface area (Å²) in [5, 5.41) is 12.5. The molecule has 7 rings (SSSR count). The van der Waals surface area contributed by atoms with Crippen LogP contribution in [0.1, 0.15) is 23.2 Å². The Hall–Kier alpha value is -4.54. The zero-order chi connectivity index (χ0) is 27.1. The number of nitrogens with one attached hydrogen (secondary N) is 1. The molecule has 1 saturated heterocycles. The molecular weight excluding hydrogens is 525 g/mol. The standard InChI is InChI=1S/C30H24FN7OS/c31-24-16-20(38-29-25(35-36-38)9-5-14-33-29)10-11-22(24)30(39)37(21-8-4-13-32-18-21)28-23-17-27(19-6-2-1-3-7-19)40-26(23)12-15-34-28/h1-3,5-7,9-12,14-17,21,32H,4,8,13,18H2/t21-/m1/s1. The first-order valence-corrected chi connectivity index (χ1v) is 13.9. The van der Waals surface area contributed by atoms with E-state index in [1.54, 1.807) is 46.8 Å². The van der Waals surface area contributed by atoms with Crippen LogP contribution in [0.2, 0.25) is 0 Å². The Bertz CT molecular complexity index is 1850. The predicted octanol–water partition coefficient (Wildman–Crippen LogP) is 5.63. The van der Waals surface area contributed by atoms with Crippen molar-refractivity contribution in [1.82, 2.24) is 30.3 Å². The summed E-state index contributed by atoms with van der Waals surface area (Å²) in [5.41, 5.74) is 2.63. The zero-order valence-corrected chi connectivity index (χ0v) is 22.2. The van der Waals surface area contributed by atoms with E-state index in [1.807, 2.05) is 24.3 Å². The van der Waals surface area contributed by atoms with Gasteiger partial charge in [0, 0.05) is 40.0 Å². The van der Waals surface area contributed by atoms with Gasteiger partial charge >= 0.3 is 0 Å². The maximum absolute atomic E-state index is 15.7. The lowest BCUT2D eigenvalue weighted by Gasteiger charge is -2.34. The molecule has 5 heterocycles. The molecular formula is C30H24FN7OS. The fourth-order valence-corrected chi connectivity index (χ4v) is 6.31. The van der Waals surface area contributed by atoms with Gasteiger partial charge in [-0.25, -0.2) is 14.4 Å². The van der Waals surface area contributed by atoms with Crippen LogP contribution in [-0.2, 0) is 0 Å². The fraction of sp³-hybridized carbons (Fsp3) is 0.167. The number of aromatic nitrogens is 5. The minimum atomic E-state index is -0.640. The highest BCUT2D eigenvalue weighted by molar-refractivity contribution is 7.22. The van der Waals surface area contributed by atoms with E-state index in [4.69, 9.17) is 0 Å². The first-order chi connectivity index (χ1) is 19.7. The second kappa shape index (κ2) is 10.2. The Kier molecular flexibility index (Phi) is 6.26. The van der Waals surface area contributed by atoms with Crippen LogP contribution in [-0.4, -0.2) is 50.0 Å². The van der Waals surface area contributed by atoms with Gasteiger partial charge in [0.15, 0.2) is 5.65 Å². The van der Waals surface area contributed by atoms with Crippen molar-refractivity contribution in [3.8, 4) is 16.1 Å². The number of carbonyl (C=O) groups is 1. The lowest BCUT2D eigenvalue weighted by atomic mass is 10.0. The normalized spacial score (nSPS) is 15.5. The molecule has 1 amide bonds. The number of hydrogen-bond acceptors (Lipinski definition) is 7. The number of piperidine rings is 1. The van der Waals surface area contributed by atoms with Crippen LogP contribution >= 0.6 is 11.3 Å². The van der Waals surface area contributed by atoms with E-state index in [-0.39, 0.29) is 11.6 Å². The third-order valence-electron chi connectivity index (χ3n) is 7.20. The number of rotatable bonds is 5. The summed E-state index contributed by atoms with van der Waals surface area (Å²) in [7, 11) is 0. The van der Waals surface area contributed by atoms with Gasteiger partial charge in [-0.1, -0.05) is 35.5 Å². The number of amides is 1. The number of halogens is 1. The maximum atomic E-state index is 15.7. The molecule has 4 aromatic heterocycles. The van der Waals surface area contributed by atoms with Crippen LogP contribution in [0, 0.1) is 5.82 Å². The van der Waals surface area contributed by atoms with E-state index in [9.17, 15) is 4.79 Å². The van der Waals surface area contributed by atoms with Crippen molar-refractivity contribution in [2.75, 3.05) is 18.0 Å². The maximum Gasteiger partial charge on any atom is 0.262 e. The molecule has 2 aromatic carbocycles. The molecule has 198 valence electrons. The lowest BCUT2D eigenvalue weighted by Crippen LogP contribution is -2.49. The molecule has 0 saturated carbocycles. The highest BCUT2D eigenvalue weighted by Crippen LogP contribution is 2.38. The van der Waals surface area contributed by atoms with Crippen molar-refractivity contribution < 1.29 is 9.18 Å². The molecule has 1 N–H and O–H groups in total. The summed E-state index contributed by atoms with van der Waals surface area (Å²) in [5.74, 6) is -0.519. The first-order valence-electron chi connectivity index (χ1n) is 13.1. The van der Waals surface area contributed by atoms with E-state index in [0.29, 0.717) is 29.2 Å². The van der Waals surface area contributed by atoms with Gasteiger partial charge in [-0.2, -0.15) is 4.68 Å². The molecule has 1 aliphatic rings. The average Bonchev–Trinajstić information content (AvgIpc) is 3.64. The summed E-state index contributed by atoms with van der Waals surface area (Å²) in [6.07, 6.45) is 5.06. The van der Waals surface area contributed by atoms with Crippen LogP contribution in [0.5, 0.6) is 0 Å². The topological polar surface area (TPSA) is 88.8 Å². The Morgan fingerprint density at radius 2 is 1.93 bits per heavy atom. The molecule has 1 aliphatic heterocycles. The molecule has 1 fully saturated rings. The van der Waals surface area contributed by atoms with Crippen LogP contribution in [0.25, 0.3) is 37.4 Å². The minimum Gasteiger partial charge on any atom is -0.315 e. The van der Waals surface area contributed by atoms with Gasteiger partial charge in [-0.05, 0) is 61.3 Å². The molecule has 10 heteroatoms. The summed E-state index contributed by atoms with van der Waals surface area (Å²) < 4.78 is 18.2. The first kappa shape index (κ1) is 24.5. The number of thiophene rings is 1. The van der Waals surface area contributed by atoms with Gasteiger partial charge in [0.05, 0.1) is 17.3 Å². The van der Waals surface area contributed by atoms with Crippen LogP contribution in [0.4, 0.5) is 10.2 Å². The average molecular weight is 550 g/mol. The van der Waals surface area contributed by atoms with Crippen molar-refractivity contribution in [3.05, 3.63) is 96.6 Å². The van der Waals surface area contributed by atoms with Crippen molar-refractivity contribution in [3.63, 3.8) is 0 Å². The van der Waals surface area contributed by atoms with Crippen molar-refractivity contribution in [2.24, 2.45) is 0 Å². The van der Waals surface area contributed by atoms with Gasteiger partial charge in [0.2, 0.25) is 0 Å². The van der Waals surface area contributed by atoms with Crippen LogP contribution < -0.4 is 10.2 Å². The van der Waals surface area contributed by atoms with Crippen molar-refractivity contribution in [2.45, 2.75) is 18.9 Å². The van der Waals surface area contributed by atoms with Crippen LogP contribution in [0.15, 0.2) is 85.2 Å². The molecule has 40 heavy (non-hydrogen) atoms. The van der Waals surface area contributed by atoms with E-state index in [1.165, 1.54) is 16.8 Å². The highest BCUT2D eigenvalue weighted by Gasteiger charge is 2.32. The fourth-order valence-electron chi connectivity index (χ4n) is 5.25. The number of anilines is 1. The number of carbonyl (C=O) groups excluding carboxylic acids is 1. The molecule has 0 aliphatic carbocycles. The van der Waals surface area contributed by atoms with E-state index >= 15 is 4.39 Å². The Labute approximate surface area is 233 Å². The molecule has 0 unspecified atom stereocenters. The van der Waals surface area contributed by atoms with Crippen LogP contribution in [0.3, 0.4) is 0 Å². The molecule has 0 radical (unpaired) electrons. The number of fused-ring (bicyclic) bond motifs is 2. The molecule has 0 spiro atoms. The number of pyridine rings is 2. The van der Waals surface area contributed by atoms with Gasteiger partial charge < -0.3 is 5.32 Å². The van der Waals surface area contributed by atoms with Gasteiger partial charge in [0.1, 0.15) is 17.2 Å². The van der Waals surface area contributed by atoms with E-state index < -0.39 is 11.7 Å². The third kappa shape index (κ3) is 4.31. The minimum absolute atomic E-state index is 0.0241. The second-order valence-electron chi connectivity index (χ2n) is 9.71. The number of benzene rings is 2. The van der Waals surface area contributed by atoms with Gasteiger partial charge in [-0.3, -0.25) is 9.69 Å². The van der Waals surface area contributed by atoms with Crippen molar-refractivity contribution >= 4 is 44.3 Å². The van der Waals surface area contributed by atoms with E-state index in [2.05, 4.69) is 43.8 Å². The second-order valence-corrected chi connectivity index (χ2v) is 10.8. The third-order valence-corrected chi connectivity index (χ3v) is 8.35. The molecule has 8 nitrogen and oxygen atoms in total. The van der Waals surface area contributed by atoms with Gasteiger partial charge in [-0.15, -0.1) is 16.4 Å². The van der Waals surface area contributed by atoms with E-state index in [0.717, 1.165) is 39.9 Å². The summed E-state index contributed by atoms with van der Waals surface area (Å²) in [6.45, 7) is 1.49. The summed E-state index contributed by atoms with van der Waals surface area (Å²) in [6, 6.07) is 22.1. The van der Waals surface area contributed by atoms with Crippen molar-refractivity contribution in [1.29, 1.82) is 0 Å². The van der Waals surface area contributed by atoms with Gasteiger partial charge in [0.25, 0.3) is 5.91 Å². The molecule has 1 atom stereocenters. The Morgan fingerprint density at radius 1 is 1.02 bits per heavy atom. The number of hydrogen-bond donors (Lipinski definition) is 1. The largest absolute Gasteiger partial charge is 0.315 e. The smallest absolute Gasteiger partial charge is 0.262 e. The monoisotopic (exact) mass is 549 g/mol. The lowest BCUT2D eigenvalue weighted by molar-refractivity contribution is 0.0968. The highest BCUT2D eigenvalue weighted by atomic mass is 32.1. The molecule has 6 aromatic rings. The Balaban J connectivity index is 1.31. The quantitative estimate of drug-likeness (QED) is 0.300. The predicted molar refractivity (Wildman–Crippen MR) is 154 cm³/mol. The Morgan fingerprint density at radius 3 is 2.75 bits per heavy atom. The summed E-state index contributed by atoms with van der Waals surface area (Å²) >= 11 is 1.65. The SMILES string of the molecule is O=C(c1ccc(-n2nnc3cccnc32)cc1F)N(c1nccc2sc(-c3ccccc3)cc12)[C@@H]1CCCNC1. The summed E-state index contributed by atoms with van der Waals surface area (Å²) in [4.78, 5) is 25.9. The number of nitrogens with zero attached hydrogens (tertiary/aromatic N) is 6. The zero-order valence-electron chi connectivity index (χ0n) is 21.4. The molecule has 0 bridgehead atoms.